The lowest BCUT2D eigenvalue weighted by Crippen LogP contribution is -2.13. The van der Waals surface area contributed by atoms with Crippen LogP contribution in [0.4, 0.5) is 0 Å². The first kappa shape index (κ1) is 16.0. The van der Waals surface area contributed by atoms with Crippen molar-refractivity contribution in [3.05, 3.63) is 39.7 Å². The molecule has 0 N–H and O–H groups in total. The summed E-state index contributed by atoms with van der Waals surface area (Å²) in [4.78, 5) is 11.7. The number of rotatable bonds is 5. The zero-order valence-electron chi connectivity index (χ0n) is 12.3. The minimum absolute atomic E-state index is 0.0586. The van der Waals surface area contributed by atoms with Gasteiger partial charge in [-0.1, -0.05) is 13.3 Å². The maximum absolute atomic E-state index is 11.8. The van der Waals surface area contributed by atoms with Crippen LogP contribution in [0.2, 0.25) is 0 Å². The molecule has 0 radical (unpaired) electrons. The fourth-order valence-electron chi connectivity index (χ4n) is 2.03. The van der Waals surface area contributed by atoms with Crippen molar-refractivity contribution in [2.75, 3.05) is 5.75 Å². The summed E-state index contributed by atoms with van der Waals surface area (Å²) in [5.74, 6) is 0.00796. The zero-order valence-corrected chi connectivity index (χ0v) is 13.1. The minimum atomic E-state index is -3.67. The van der Waals surface area contributed by atoms with Crippen LogP contribution in [0, 0.1) is 18.3 Å². The highest BCUT2D eigenvalue weighted by molar-refractivity contribution is 7.87. The van der Waals surface area contributed by atoms with Gasteiger partial charge in [-0.15, -0.1) is 0 Å². The smallest absolute Gasteiger partial charge is 0.354 e. The molecule has 0 amide bonds. The van der Waals surface area contributed by atoms with E-state index in [1.165, 1.54) is 12.1 Å². The third-order valence-corrected chi connectivity index (χ3v) is 4.46. The van der Waals surface area contributed by atoms with Crippen LogP contribution >= 0.6 is 0 Å². The van der Waals surface area contributed by atoms with Gasteiger partial charge in [0, 0.05) is 11.5 Å². The number of hydrogen-bond donors (Lipinski definition) is 0. The lowest BCUT2D eigenvalue weighted by atomic mass is 10.1. The molecule has 0 fully saturated rings. The summed E-state index contributed by atoms with van der Waals surface area (Å²) in [6, 6.07) is 6.18. The molecule has 7 heteroatoms. The van der Waals surface area contributed by atoms with Crippen LogP contribution in [0.15, 0.2) is 27.4 Å². The number of aryl methyl sites for hydroxylation is 1. The fourth-order valence-corrected chi connectivity index (χ4v) is 3.15. The monoisotopic (exact) mass is 321 g/mol. The van der Waals surface area contributed by atoms with Gasteiger partial charge in [-0.25, -0.2) is 4.79 Å². The molecule has 0 aliphatic carbocycles. The highest BCUT2D eigenvalue weighted by Crippen LogP contribution is 2.24. The molecule has 0 aliphatic rings. The Kier molecular flexibility index (Phi) is 4.52. The predicted molar refractivity (Wildman–Crippen MR) is 81.3 cm³/mol. The Morgan fingerprint density at radius 2 is 2.09 bits per heavy atom. The molecule has 0 atom stereocenters. The summed E-state index contributed by atoms with van der Waals surface area (Å²) >= 11 is 0. The third kappa shape index (κ3) is 3.28. The second-order valence-corrected chi connectivity index (χ2v) is 6.55. The summed E-state index contributed by atoms with van der Waals surface area (Å²) in [6.07, 6.45) is 1.25. The number of unbranched alkanes of at least 4 members (excludes halogenated alkanes) is 1. The first-order valence-electron chi connectivity index (χ1n) is 6.77. The Bertz CT molecular complexity index is 906. The van der Waals surface area contributed by atoms with Crippen LogP contribution < -0.4 is 9.81 Å². The van der Waals surface area contributed by atoms with E-state index in [0.29, 0.717) is 17.4 Å². The topological polar surface area (TPSA) is 97.4 Å². The average molecular weight is 321 g/mol. The third-order valence-electron chi connectivity index (χ3n) is 3.22. The molecule has 0 bridgehead atoms. The van der Waals surface area contributed by atoms with Gasteiger partial charge in [0.25, 0.3) is 0 Å². The molecule has 0 spiro atoms. The van der Waals surface area contributed by atoms with Gasteiger partial charge in [0.2, 0.25) is 0 Å². The number of fused-ring (bicyclic) bond motifs is 1. The van der Waals surface area contributed by atoms with Gasteiger partial charge in [0.05, 0.1) is 5.75 Å². The molecule has 0 saturated heterocycles. The normalized spacial score (nSPS) is 11.3. The zero-order chi connectivity index (χ0) is 16.3. The molecular weight excluding hydrogens is 306 g/mol. The van der Waals surface area contributed by atoms with Crippen molar-refractivity contribution in [2.24, 2.45) is 0 Å². The van der Waals surface area contributed by atoms with Crippen molar-refractivity contribution < 1.29 is 17.0 Å². The summed E-state index contributed by atoms with van der Waals surface area (Å²) in [7, 11) is -3.67. The summed E-state index contributed by atoms with van der Waals surface area (Å²) in [5, 5.41) is 9.50. The second kappa shape index (κ2) is 6.20. The molecule has 1 heterocycles. The van der Waals surface area contributed by atoms with Crippen molar-refractivity contribution in [3.8, 4) is 11.8 Å². The van der Waals surface area contributed by atoms with Crippen LogP contribution in [0.3, 0.4) is 0 Å². The molecule has 1 aromatic carbocycles. The SMILES string of the molecule is CCCCS(=O)(=O)Oc1ccc2c(C)c(C#N)c(=O)oc2c1. The first-order valence-corrected chi connectivity index (χ1v) is 8.35. The molecule has 0 unspecified atom stereocenters. The highest BCUT2D eigenvalue weighted by Gasteiger charge is 2.15. The van der Waals surface area contributed by atoms with Crippen molar-refractivity contribution in [1.82, 2.24) is 0 Å². The molecule has 2 rings (SSSR count). The van der Waals surface area contributed by atoms with E-state index in [-0.39, 0.29) is 22.6 Å². The summed E-state index contributed by atoms with van der Waals surface area (Å²) in [6.45, 7) is 3.52. The van der Waals surface area contributed by atoms with Crippen molar-refractivity contribution in [1.29, 1.82) is 5.26 Å². The standard InChI is InChI=1S/C15H15NO5S/c1-3-4-7-22(18,19)21-11-5-6-12-10(2)13(9-16)15(17)20-14(12)8-11/h5-6,8H,3-4,7H2,1-2H3. The Morgan fingerprint density at radius 1 is 1.36 bits per heavy atom. The molecule has 0 aliphatic heterocycles. The van der Waals surface area contributed by atoms with Crippen LogP contribution in [-0.2, 0) is 10.1 Å². The maximum atomic E-state index is 11.8. The number of nitriles is 1. The lowest BCUT2D eigenvalue weighted by Gasteiger charge is -2.08. The Morgan fingerprint density at radius 3 is 2.73 bits per heavy atom. The predicted octanol–water partition coefficient (Wildman–Crippen LogP) is 2.48. The summed E-state index contributed by atoms with van der Waals surface area (Å²) < 4.78 is 33.6. The van der Waals surface area contributed by atoms with Crippen LogP contribution in [-0.4, -0.2) is 14.2 Å². The van der Waals surface area contributed by atoms with Gasteiger partial charge in [-0.05, 0) is 31.0 Å². The average Bonchev–Trinajstić information content (AvgIpc) is 2.45. The van der Waals surface area contributed by atoms with E-state index >= 15 is 0 Å². The minimum Gasteiger partial charge on any atom is -0.422 e. The summed E-state index contributed by atoms with van der Waals surface area (Å²) in [5.41, 5.74) is -0.131. The molecule has 22 heavy (non-hydrogen) atoms. The van der Waals surface area contributed by atoms with E-state index in [1.54, 1.807) is 19.1 Å². The van der Waals surface area contributed by atoms with Crippen molar-refractivity contribution >= 4 is 21.1 Å². The van der Waals surface area contributed by atoms with E-state index < -0.39 is 15.7 Å². The Balaban J connectivity index is 2.44. The van der Waals surface area contributed by atoms with Gasteiger partial charge >= 0.3 is 15.7 Å². The van der Waals surface area contributed by atoms with Crippen molar-refractivity contribution in [2.45, 2.75) is 26.7 Å². The number of hydrogen-bond acceptors (Lipinski definition) is 6. The molecule has 2 aromatic rings. The van der Waals surface area contributed by atoms with Crippen LogP contribution in [0.1, 0.15) is 30.9 Å². The molecular formula is C15H15NO5S. The van der Waals surface area contributed by atoms with E-state index in [2.05, 4.69) is 0 Å². The first-order chi connectivity index (χ1) is 10.4. The molecule has 116 valence electrons. The van der Waals surface area contributed by atoms with Gasteiger partial charge in [-0.3, -0.25) is 0 Å². The number of benzene rings is 1. The van der Waals surface area contributed by atoms with Crippen LogP contribution in [0.25, 0.3) is 11.0 Å². The largest absolute Gasteiger partial charge is 0.422 e. The Labute approximate surface area is 128 Å². The fraction of sp³-hybridized carbons (Fsp3) is 0.333. The van der Waals surface area contributed by atoms with Gasteiger partial charge in [0.1, 0.15) is 23.0 Å². The molecule has 6 nitrogen and oxygen atoms in total. The van der Waals surface area contributed by atoms with E-state index in [0.717, 1.165) is 6.42 Å². The quantitative estimate of drug-likeness (QED) is 0.620. The maximum Gasteiger partial charge on any atom is 0.354 e. The van der Waals surface area contributed by atoms with E-state index in [9.17, 15) is 13.2 Å². The van der Waals surface area contributed by atoms with Gasteiger partial charge in [-0.2, -0.15) is 13.7 Å². The number of nitrogens with zero attached hydrogens (tertiary/aromatic N) is 1. The lowest BCUT2D eigenvalue weighted by molar-refractivity contribution is 0.482. The molecule has 0 saturated carbocycles. The second-order valence-electron chi connectivity index (χ2n) is 4.86. The Hall–Kier alpha value is -2.33. The van der Waals surface area contributed by atoms with E-state index in [1.807, 2.05) is 6.92 Å². The van der Waals surface area contributed by atoms with Crippen LogP contribution in [0.5, 0.6) is 5.75 Å². The van der Waals surface area contributed by atoms with E-state index in [4.69, 9.17) is 13.9 Å². The van der Waals surface area contributed by atoms with Crippen molar-refractivity contribution in [3.63, 3.8) is 0 Å². The van der Waals surface area contributed by atoms with Gasteiger partial charge < -0.3 is 8.60 Å². The van der Waals surface area contributed by atoms with Gasteiger partial charge in [0.15, 0.2) is 0 Å². The molecule has 1 aromatic heterocycles. The highest BCUT2D eigenvalue weighted by atomic mass is 32.2.